The first-order valence-electron chi connectivity index (χ1n) is 6.77. The van der Waals surface area contributed by atoms with Crippen LogP contribution in [0.5, 0.6) is 0 Å². The van der Waals surface area contributed by atoms with Gasteiger partial charge in [-0.2, -0.15) is 4.98 Å². The summed E-state index contributed by atoms with van der Waals surface area (Å²) in [7, 11) is 0. The summed E-state index contributed by atoms with van der Waals surface area (Å²) in [6, 6.07) is 1.90. The van der Waals surface area contributed by atoms with Crippen molar-refractivity contribution in [2.75, 3.05) is 36.9 Å². The standard InChI is InChI=1S/C13H22N4O/c1-2-6-14-13-15-7-5-12(17-13)16-9-11-4-3-8-18-10-11/h5,7,11H,2-4,6,8-10H2,1H3,(H2,14,15,16,17). The van der Waals surface area contributed by atoms with Gasteiger partial charge in [0.25, 0.3) is 0 Å². The summed E-state index contributed by atoms with van der Waals surface area (Å²) >= 11 is 0. The minimum atomic E-state index is 0.598. The van der Waals surface area contributed by atoms with E-state index in [-0.39, 0.29) is 0 Å². The lowest BCUT2D eigenvalue weighted by Gasteiger charge is -2.22. The van der Waals surface area contributed by atoms with Crippen LogP contribution in [0.25, 0.3) is 0 Å². The van der Waals surface area contributed by atoms with E-state index in [1.807, 2.05) is 6.07 Å². The zero-order valence-electron chi connectivity index (χ0n) is 11.0. The zero-order valence-corrected chi connectivity index (χ0v) is 11.0. The Hall–Kier alpha value is -1.36. The molecule has 1 unspecified atom stereocenters. The highest BCUT2D eigenvalue weighted by Crippen LogP contribution is 2.14. The molecule has 0 bridgehead atoms. The molecule has 0 aliphatic carbocycles. The summed E-state index contributed by atoms with van der Waals surface area (Å²) in [5.74, 6) is 2.18. The van der Waals surface area contributed by atoms with Crippen molar-refractivity contribution in [1.29, 1.82) is 0 Å². The lowest BCUT2D eigenvalue weighted by atomic mass is 10.0. The third-order valence-corrected chi connectivity index (χ3v) is 3.02. The van der Waals surface area contributed by atoms with Crippen molar-refractivity contribution in [3.8, 4) is 0 Å². The zero-order chi connectivity index (χ0) is 12.6. The molecule has 1 aromatic heterocycles. The highest BCUT2D eigenvalue weighted by molar-refractivity contribution is 5.39. The molecule has 2 rings (SSSR count). The van der Waals surface area contributed by atoms with Crippen molar-refractivity contribution in [3.63, 3.8) is 0 Å². The molecule has 1 fully saturated rings. The summed E-state index contributed by atoms with van der Waals surface area (Å²) < 4.78 is 5.46. The van der Waals surface area contributed by atoms with Crippen LogP contribution in [0.1, 0.15) is 26.2 Å². The molecule has 1 aromatic rings. The number of aromatic nitrogens is 2. The molecule has 2 N–H and O–H groups in total. The van der Waals surface area contributed by atoms with Crippen molar-refractivity contribution < 1.29 is 4.74 Å². The van der Waals surface area contributed by atoms with Gasteiger partial charge in [0, 0.05) is 25.9 Å². The molecule has 1 atom stereocenters. The van der Waals surface area contributed by atoms with Gasteiger partial charge in [0.05, 0.1) is 6.61 Å². The number of nitrogens with zero attached hydrogens (tertiary/aromatic N) is 2. The maximum atomic E-state index is 5.46. The van der Waals surface area contributed by atoms with E-state index in [0.717, 1.165) is 38.5 Å². The highest BCUT2D eigenvalue weighted by Gasteiger charge is 2.13. The molecule has 1 saturated heterocycles. The van der Waals surface area contributed by atoms with Crippen molar-refractivity contribution >= 4 is 11.8 Å². The Morgan fingerprint density at radius 3 is 3.17 bits per heavy atom. The Bertz CT molecular complexity index is 353. The third-order valence-electron chi connectivity index (χ3n) is 3.02. The molecular formula is C13H22N4O. The first kappa shape index (κ1) is 13.1. The second-order valence-corrected chi connectivity index (χ2v) is 4.66. The molecule has 1 aliphatic rings. The molecule has 2 heterocycles. The number of rotatable bonds is 6. The fourth-order valence-electron chi connectivity index (χ4n) is 2.00. The van der Waals surface area contributed by atoms with Gasteiger partial charge in [-0.05, 0) is 31.2 Å². The van der Waals surface area contributed by atoms with Gasteiger partial charge < -0.3 is 15.4 Å². The number of hydrogen-bond acceptors (Lipinski definition) is 5. The van der Waals surface area contributed by atoms with Crippen LogP contribution < -0.4 is 10.6 Å². The third kappa shape index (κ3) is 4.14. The van der Waals surface area contributed by atoms with Crippen molar-refractivity contribution in [2.45, 2.75) is 26.2 Å². The molecule has 0 radical (unpaired) electrons. The lowest BCUT2D eigenvalue weighted by molar-refractivity contribution is 0.0595. The van der Waals surface area contributed by atoms with E-state index < -0.39 is 0 Å². The molecule has 100 valence electrons. The SMILES string of the molecule is CCCNc1nccc(NCC2CCCOC2)n1. The molecule has 5 nitrogen and oxygen atoms in total. The highest BCUT2D eigenvalue weighted by atomic mass is 16.5. The molecule has 5 heteroatoms. The van der Waals surface area contributed by atoms with E-state index in [9.17, 15) is 0 Å². The van der Waals surface area contributed by atoms with Gasteiger partial charge in [0.1, 0.15) is 5.82 Å². The van der Waals surface area contributed by atoms with Gasteiger partial charge in [-0.3, -0.25) is 0 Å². The predicted octanol–water partition coefficient (Wildman–Crippen LogP) is 2.14. The van der Waals surface area contributed by atoms with Gasteiger partial charge in [-0.15, -0.1) is 0 Å². The summed E-state index contributed by atoms with van der Waals surface area (Å²) in [4.78, 5) is 8.61. The van der Waals surface area contributed by atoms with Crippen LogP contribution in [0.4, 0.5) is 11.8 Å². The Morgan fingerprint density at radius 1 is 1.44 bits per heavy atom. The van der Waals surface area contributed by atoms with Crippen LogP contribution >= 0.6 is 0 Å². The smallest absolute Gasteiger partial charge is 0.224 e. The normalized spacial score (nSPS) is 19.5. The second-order valence-electron chi connectivity index (χ2n) is 4.66. The molecule has 0 aromatic carbocycles. The quantitative estimate of drug-likeness (QED) is 0.810. The minimum absolute atomic E-state index is 0.598. The van der Waals surface area contributed by atoms with Gasteiger partial charge in [-0.1, -0.05) is 6.92 Å². The van der Waals surface area contributed by atoms with Gasteiger partial charge >= 0.3 is 0 Å². The van der Waals surface area contributed by atoms with E-state index in [1.54, 1.807) is 6.20 Å². The van der Waals surface area contributed by atoms with E-state index in [1.165, 1.54) is 12.8 Å². The summed E-state index contributed by atoms with van der Waals surface area (Å²) in [6.07, 6.45) is 5.25. The second kappa shape index (κ2) is 7.16. The number of nitrogens with one attached hydrogen (secondary N) is 2. The van der Waals surface area contributed by atoms with Crippen LogP contribution in [0.2, 0.25) is 0 Å². The number of hydrogen-bond donors (Lipinski definition) is 2. The largest absolute Gasteiger partial charge is 0.381 e. The summed E-state index contributed by atoms with van der Waals surface area (Å²) in [5, 5.41) is 6.55. The van der Waals surface area contributed by atoms with Crippen LogP contribution in [-0.4, -0.2) is 36.3 Å². The molecule has 0 saturated carbocycles. The van der Waals surface area contributed by atoms with Gasteiger partial charge in [0.2, 0.25) is 5.95 Å². The summed E-state index contributed by atoms with van der Waals surface area (Å²) in [6.45, 7) is 5.72. The van der Waals surface area contributed by atoms with E-state index in [0.29, 0.717) is 11.9 Å². The summed E-state index contributed by atoms with van der Waals surface area (Å²) in [5.41, 5.74) is 0. The minimum Gasteiger partial charge on any atom is -0.381 e. The molecule has 0 spiro atoms. The first-order chi connectivity index (χ1) is 8.88. The van der Waals surface area contributed by atoms with Crippen LogP contribution in [0, 0.1) is 5.92 Å². The molecule has 18 heavy (non-hydrogen) atoms. The Labute approximate surface area is 108 Å². The first-order valence-corrected chi connectivity index (χ1v) is 6.77. The van der Waals surface area contributed by atoms with Gasteiger partial charge in [-0.25, -0.2) is 4.98 Å². The monoisotopic (exact) mass is 250 g/mol. The van der Waals surface area contributed by atoms with Crippen LogP contribution in [-0.2, 0) is 4.74 Å². The van der Waals surface area contributed by atoms with Crippen LogP contribution in [0.15, 0.2) is 12.3 Å². The van der Waals surface area contributed by atoms with E-state index >= 15 is 0 Å². The predicted molar refractivity (Wildman–Crippen MR) is 72.8 cm³/mol. The van der Waals surface area contributed by atoms with E-state index in [2.05, 4.69) is 27.5 Å². The van der Waals surface area contributed by atoms with Crippen LogP contribution in [0.3, 0.4) is 0 Å². The topological polar surface area (TPSA) is 59.1 Å². The molecule has 0 amide bonds. The van der Waals surface area contributed by atoms with Crippen molar-refractivity contribution in [2.24, 2.45) is 5.92 Å². The lowest BCUT2D eigenvalue weighted by Crippen LogP contribution is -2.24. The Morgan fingerprint density at radius 2 is 2.39 bits per heavy atom. The number of ether oxygens (including phenoxy) is 1. The Balaban J connectivity index is 1.80. The van der Waals surface area contributed by atoms with Crippen molar-refractivity contribution in [1.82, 2.24) is 9.97 Å². The van der Waals surface area contributed by atoms with E-state index in [4.69, 9.17) is 4.74 Å². The fourth-order valence-corrected chi connectivity index (χ4v) is 2.00. The Kier molecular flexibility index (Phi) is 5.20. The maximum absolute atomic E-state index is 5.46. The molecule has 1 aliphatic heterocycles. The average Bonchev–Trinajstić information content (AvgIpc) is 2.44. The van der Waals surface area contributed by atoms with Crippen molar-refractivity contribution in [3.05, 3.63) is 12.3 Å². The number of anilines is 2. The van der Waals surface area contributed by atoms with Gasteiger partial charge in [0.15, 0.2) is 0 Å². The molecular weight excluding hydrogens is 228 g/mol. The maximum Gasteiger partial charge on any atom is 0.224 e. The average molecular weight is 250 g/mol. The fraction of sp³-hybridized carbons (Fsp3) is 0.692.